The number of allylic oxidation sites excluding steroid dienone is 2. The lowest BCUT2D eigenvalue weighted by atomic mass is 9.91. The fourth-order valence-corrected chi connectivity index (χ4v) is 5.42. The van der Waals surface area contributed by atoms with Gasteiger partial charge in [0.2, 0.25) is 0 Å². The van der Waals surface area contributed by atoms with Crippen LogP contribution in [0.1, 0.15) is 55.7 Å². The molecule has 0 fully saturated rings. The van der Waals surface area contributed by atoms with Crippen LogP contribution < -0.4 is 14.9 Å². The first-order valence-corrected chi connectivity index (χ1v) is 11.2. The second-order valence-corrected chi connectivity index (χ2v) is 9.46. The van der Waals surface area contributed by atoms with Gasteiger partial charge in [0, 0.05) is 16.1 Å². The van der Waals surface area contributed by atoms with Crippen LogP contribution in [0.15, 0.2) is 62.8 Å². The highest BCUT2D eigenvalue weighted by Crippen LogP contribution is 2.31. The van der Waals surface area contributed by atoms with Gasteiger partial charge in [0.25, 0.3) is 5.56 Å². The number of benzene rings is 1. The van der Waals surface area contributed by atoms with Crippen molar-refractivity contribution in [2.75, 3.05) is 0 Å². The van der Waals surface area contributed by atoms with Crippen LogP contribution in [0.3, 0.4) is 0 Å². The number of hydrogen-bond acceptors (Lipinski definition) is 5. The molecule has 2 aromatic heterocycles. The summed E-state index contributed by atoms with van der Waals surface area (Å²) in [6.07, 6.45) is 1.90. The van der Waals surface area contributed by atoms with Crippen molar-refractivity contribution >= 4 is 34.5 Å². The number of aromatic nitrogens is 1. The molecule has 0 saturated heterocycles. The molecule has 0 bridgehead atoms. The summed E-state index contributed by atoms with van der Waals surface area (Å²) in [5.41, 5.74) is 3.31. The van der Waals surface area contributed by atoms with E-state index in [2.05, 4.69) is 31.0 Å². The van der Waals surface area contributed by atoms with E-state index in [1.54, 1.807) is 22.8 Å². The van der Waals surface area contributed by atoms with Crippen LogP contribution in [-0.4, -0.2) is 10.4 Å². The van der Waals surface area contributed by atoms with E-state index in [9.17, 15) is 9.59 Å². The minimum Gasteiger partial charge on any atom is -0.295 e. The zero-order chi connectivity index (χ0) is 20.7. The number of carbonyl (C=O) groups excluding carboxylic acids is 1. The molecule has 1 aliphatic rings. The Labute approximate surface area is 177 Å². The molecule has 0 aliphatic carbocycles. The number of ketones is 1. The Bertz CT molecular complexity index is 1270. The first-order valence-electron chi connectivity index (χ1n) is 9.53. The van der Waals surface area contributed by atoms with Crippen LogP contribution in [0.5, 0.6) is 0 Å². The van der Waals surface area contributed by atoms with Gasteiger partial charge in [-0.1, -0.05) is 55.5 Å². The number of Topliss-reactive ketones (excluding diaryl/α,β-unsaturated/α-hetero) is 1. The third-order valence-corrected chi connectivity index (χ3v) is 6.94. The van der Waals surface area contributed by atoms with Gasteiger partial charge in [-0.15, -0.1) is 11.3 Å². The second-order valence-electron chi connectivity index (χ2n) is 7.47. The highest BCUT2D eigenvalue weighted by atomic mass is 32.1. The maximum atomic E-state index is 13.3. The number of hydrogen-bond donors (Lipinski definition) is 0. The minimum atomic E-state index is -0.449. The maximum Gasteiger partial charge on any atom is 0.271 e. The standard InChI is InChI=1S/C23H22N2O2S2/c1-13(2)16-7-9-17(10-8-16)21-20(15(4)26)14(3)24-23-25(21)22(27)19(29-23)12-18-6-5-11-28-18/h5-13,21H,1-4H3/b19-12+. The summed E-state index contributed by atoms with van der Waals surface area (Å²) in [4.78, 5) is 32.1. The number of rotatable bonds is 4. The third kappa shape index (κ3) is 3.58. The van der Waals surface area contributed by atoms with Crippen molar-refractivity contribution < 1.29 is 4.79 Å². The average Bonchev–Trinajstić information content (AvgIpc) is 3.29. The van der Waals surface area contributed by atoms with Crippen molar-refractivity contribution in [3.63, 3.8) is 0 Å². The summed E-state index contributed by atoms with van der Waals surface area (Å²) < 4.78 is 2.31. The molecule has 4 nitrogen and oxygen atoms in total. The van der Waals surface area contributed by atoms with Crippen LogP contribution in [0, 0.1) is 0 Å². The van der Waals surface area contributed by atoms with Gasteiger partial charge >= 0.3 is 0 Å². The van der Waals surface area contributed by atoms with E-state index >= 15 is 0 Å². The first kappa shape index (κ1) is 19.7. The molecule has 0 saturated carbocycles. The van der Waals surface area contributed by atoms with Crippen molar-refractivity contribution in [3.05, 3.63) is 88.7 Å². The van der Waals surface area contributed by atoms with Crippen LogP contribution in [-0.2, 0) is 4.79 Å². The largest absolute Gasteiger partial charge is 0.295 e. The summed E-state index contributed by atoms with van der Waals surface area (Å²) in [6, 6.07) is 11.7. The molecule has 1 aromatic carbocycles. The molecule has 3 heterocycles. The van der Waals surface area contributed by atoms with Crippen LogP contribution in [0.25, 0.3) is 6.08 Å². The zero-order valence-electron chi connectivity index (χ0n) is 16.8. The summed E-state index contributed by atoms with van der Waals surface area (Å²) >= 11 is 2.96. The number of fused-ring (bicyclic) bond motifs is 1. The van der Waals surface area contributed by atoms with E-state index in [0.29, 0.717) is 26.5 Å². The molecule has 0 spiro atoms. The summed E-state index contributed by atoms with van der Waals surface area (Å²) in [5, 5.41) is 1.99. The summed E-state index contributed by atoms with van der Waals surface area (Å²) in [5.74, 6) is 0.359. The predicted octanol–water partition coefficient (Wildman–Crippen LogP) is 4.01. The second kappa shape index (κ2) is 7.69. The van der Waals surface area contributed by atoms with Gasteiger partial charge in [0.1, 0.15) is 0 Å². The van der Waals surface area contributed by atoms with Gasteiger partial charge in [-0.3, -0.25) is 14.2 Å². The molecule has 29 heavy (non-hydrogen) atoms. The lowest BCUT2D eigenvalue weighted by Gasteiger charge is -2.24. The highest BCUT2D eigenvalue weighted by Gasteiger charge is 2.30. The van der Waals surface area contributed by atoms with E-state index in [4.69, 9.17) is 0 Å². The SMILES string of the molecule is CC(=O)C1=C(C)N=c2s/c(=C/c3cccs3)c(=O)n2C1c1ccc(C(C)C)cc1. The van der Waals surface area contributed by atoms with Crippen molar-refractivity contribution in [2.24, 2.45) is 4.99 Å². The normalized spacial score (nSPS) is 16.9. The Morgan fingerprint density at radius 1 is 1.21 bits per heavy atom. The topological polar surface area (TPSA) is 51.4 Å². The van der Waals surface area contributed by atoms with Crippen LogP contribution in [0.2, 0.25) is 0 Å². The molecule has 0 N–H and O–H groups in total. The molecule has 1 atom stereocenters. The Balaban J connectivity index is 1.95. The molecule has 3 aromatic rings. The van der Waals surface area contributed by atoms with Gasteiger partial charge in [0.15, 0.2) is 10.6 Å². The number of nitrogens with zero attached hydrogens (tertiary/aromatic N) is 2. The Morgan fingerprint density at radius 3 is 2.52 bits per heavy atom. The zero-order valence-corrected chi connectivity index (χ0v) is 18.4. The number of thiazole rings is 1. The lowest BCUT2D eigenvalue weighted by molar-refractivity contribution is -0.114. The molecule has 6 heteroatoms. The van der Waals surface area contributed by atoms with Gasteiger partial charge in [0.05, 0.1) is 10.6 Å². The van der Waals surface area contributed by atoms with Crippen molar-refractivity contribution in [1.82, 2.24) is 4.57 Å². The van der Waals surface area contributed by atoms with E-state index in [1.807, 2.05) is 42.6 Å². The van der Waals surface area contributed by atoms with Gasteiger partial charge in [-0.25, -0.2) is 4.99 Å². The van der Waals surface area contributed by atoms with Crippen molar-refractivity contribution in [2.45, 2.75) is 39.7 Å². The molecule has 1 unspecified atom stereocenters. The molecule has 4 rings (SSSR count). The average molecular weight is 423 g/mol. The number of carbonyl (C=O) groups is 1. The van der Waals surface area contributed by atoms with E-state index in [-0.39, 0.29) is 11.3 Å². The molecular formula is C23H22N2O2S2. The fraction of sp³-hybridized carbons (Fsp3) is 0.261. The lowest BCUT2D eigenvalue weighted by Crippen LogP contribution is -2.39. The van der Waals surface area contributed by atoms with Crippen LogP contribution >= 0.6 is 22.7 Å². The fourth-order valence-electron chi connectivity index (χ4n) is 3.65. The monoisotopic (exact) mass is 422 g/mol. The van der Waals surface area contributed by atoms with Crippen molar-refractivity contribution in [3.8, 4) is 0 Å². The van der Waals surface area contributed by atoms with Gasteiger partial charge < -0.3 is 0 Å². The first-order chi connectivity index (χ1) is 13.9. The molecule has 148 valence electrons. The van der Waals surface area contributed by atoms with E-state index in [0.717, 1.165) is 10.4 Å². The van der Waals surface area contributed by atoms with Crippen LogP contribution in [0.4, 0.5) is 0 Å². The maximum absolute atomic E-state index is 13.3. The smallest absolute Gasteiger partial charge is 0.271 e. The molecule has 0 amide bonds. The molecular weight excluding hydrogens is 400 g/mol. The van der Waals surface area contributed by atoms with E-state index < -0.39 is 6.04 Å². The Hall–Kier alpha value is -2.57. The quantitative estimate of drug-likeness (QED) is 0.638. The Kier molecular flexibility index (Phi) is 5.23. The van der Waals surface area contributed by atoms with Gasteiger partial charge in [-0.05, 0) is 48.4 Å². The number of thiophene rings is 1. The summed E-state index contributed by atoms with van der Waals surface area (Å²) in [7, 11) is 0. The summed E-state index contributed by atoms with van der Waals surface area (Å²) in [6.45, 7) is 7.69. The third-order valence-electron chi connectivity index (χ3n) is 5.14. The Morgan fingerprint density at radius 2 is 1.93 bits per heavy atom. The minimum absolute atomic E-state index is 0.0586. The molecule has 0 radical (unpaired) electrons. The molecule has 1 aliphatic heterocycles. The highest BCUT2D eigenvalue weighted by molar-refractivity contribution is 7.11. The van der Waals surface area contributed by atoms with E-state index in [1.165, 1.54) is 16.9 Å². The van der Waals surface area contributed by atoms with Gasteiger partial charge in [-0.2, -0.15) is 0 Å². The predicted molar refractivity (Wildman–Crippen MR) is 119 cm³/mol. The van der Waals surface area contributed by atoms with Crippen molar-refractivity contribution in [1.29, 1.82) is 0 Å².